The summed E-state index contributed by atoms with van der Waals surface area (Å²) in [6.07, 6.45) is 5.27. The molecule has 1 aliphatic carbocycles. The number of sulfone groups is 1. The van der Waals surface area contributed by atoms with E-state index in [1.165, 1.54) is 18.2 Å². The number of hydrogen-bond donors (Lipinski definition) is 2. The number of hydrogen-bond acceptors (Lipinski definition) is 4. The van der Waals surface area contributed by atoms with Crippen molar-refractivity contribution in [1.29, 1.82) is 0 Å². The Hall–Kier alpha value is -1.11. The molecule has 0 heterocycles. The second-order valence-electron chi connectivity index (χ2n) is 5.58. The molecular weight excluding hydrogens is 312 g/mol. The third-order valence-corrected chi connectivity index (χ3v) is 5.25. The third-order valence-electron chi connectivity index (χ3n) is 3.81. The highest BCUT2D eigenvalue weighted by Crippen LogP contribution is 2.30. The molecule has 0 atom stereocenters. The van der Waals surface area contributed by atoms with Crippen LogP contribution in [0.15, 0.2) is 23.1 Å². The zero-order chi connectivity index (χ0) is 15.7. The number of carbonyl (C=O) groups is 1. The quantitative estimate of drug-likeness (QED) is 0.890. The molecule has 1 saturated carbocycles. The molecule has 0 unspecified atom stereocenters. The lowest BCUT2D eigenvalue weighted by atomic mass is 9.82. The molecule has 1 aromatic carbocycles. The van der Waals surface area contributed by atoms with Crippen LogP contribution in [0.25, 0.3) is 0 Å². The Kier molecular flexibility index (Phi) is 4.60. The molecule has 3 N–H and O–H groups in total. The van der Waals surface area contributed by atoms with Crippen molar-refractivity contribution >= 4 is 33.0 Å². The fourth-order valence-electron chi connectivity index (χ4n) is 2.49. The van der Waals surface area contributed by atoms with E-state index in [4.69, 9.17) is 17.3 Å². The van der Waals surface area contributed by atoms with Gasteiger partial charge in [0.15, 0.2) is 9.84 Å². The Labute approximate surface area is 129 Å². The van der Waals surface area contributed by atoms with Gasteiger partial charge in [-0.3, -0.25) is 4.79 Å². The van der Waals surface area contributed by atoms with Crippen LogP contribution in [0.3, 0.4) is 0 Å². The summed E-state index contributed by atoms with van der Waals surface area (Å²) >= 11 is 6.02. The van der Waals surface area contributed by atoms with Crippen LogP contribution in [-0.2, 0) is 14.6 Å². The van der Waals surface area contributed by atoms with Crippen LogP contribution >= 0.6 is 11.6 Å². The predicted octanol–water partition coefficient (Wildman–Crippen LogP) is 2.34. The van der Waals surface area contributed by atoms with E-state index in [9.17, 15) is 13.2 Å². The van der Waals surface area contributed by atoms with Crippen LogP contribution in [0.5, 0.6) is 0 Å². The monoisotopic (exact) mass is 330 g/mol. The summed E-state index contributed by atoms with van der Waals surface area (Å²) in [4.78, 5) is 12.5. The van der Waals surface area contributed by atoms with Crippen LogP contribution < -0.4 is 11.1 Å². The van der Waals surface area contributed by atoms with E-state index >= 15 is 0 Å². The van der Waals surface area contributed by atoms with Crippen molar-refractivity contribution in [3.05, 3.63) is 23.2 Å². The highest BCUT2D eigenvalue weighted by atomic mass is 35.5. The van der Waals surface area contributed by atoms with Gasteiger partial charge in [0.2, 0.25) is 5.91 Å². The van der Waals surface area contributed by atoms with Crippen molar-refractivity contribution in [2.75, 3.05) is 11.6 Å². The van der Waals surface area contributed by atoms with Crippen LogP contribution in [-0.4, -0.2) is 26.1 Å². The first-order valence-corrected chi connectivity index (χ1v) is 9.09. The van der Waals surface area contributed by atoms with E-state index < -0.39 is 15.4 Å². The predicted molar refractivity (Wildman–Crippen MR) is 83.2 cm³/mol. The molecule has 21 heavy (non-hydrogen) atoms. The maximum absolute atomic E-state index is 12.4. The van der Waals surface area contributed by atoms with Crippen molar-refractivity contribution in [2.45, 2.75) is 42.5 Å². The first-order valence-electron chi connectivity index (χ1n) is 6.82. The van der Waals surface area contributed by atoms with Crippen molar-refractivity contribution in [3.8, 4) is 0 Å². The summed E-state index contributed by atoms with van der Waals surface area (Å²) in [5, 5.41) is 2.96. The molecule has 1 aromatic rings. The summed E-state index contributed by atoms with van der Waals surface area (Å²) in [6, 6.07) is 4.23. The van der Waals surface area contributed by atoms with Gasteiger partial charge in [0.1, 0.15) is 0 Å². The van der Waals surface area contributed by atoms with Gasteiger partial charge in [-0.2, -0.15) is 0 Å². The van der Waals surface area contributed by atoms with Gasteiger partial charge in [-0.05, 0) is 31.0 Å². The maximum Gasteiger partial charge on any atom is 0.244 e. The summed E-state index contributed by atoms with van der Waals surface area (Å²) in [5.74, 6) is -0.310. The number of nitrogens with one attached hydrogen (secondary N) is 1. The highest BCUT2D eigenvalue weighted by Gasteiger charge is 2.35. The lowest BCUT2D eigenvalue weighted by Gasteiger charge is -2.31. The zero-order valence-electron chi connectivity index (χ0n) is 11.9. The van der Waals surface area contributed by atoms with Crippen molar-refractivity contribution in [2.24, 2.45) is 5.73 Å². The summed E-state index contributed by atoms with van der Waals surface area (Å²) in [6.45, 7) is 0. The first kappa shape index (κ1) is 16.3. The fourth-order valence-corrected chi connectivity index (χ4v) is 3.30. The number of halogens is 1. The van der Waals surface area contributed by atoms with E-state index in [1.54, 1.807) is 0 Å². The molecule has 1 fully saturated rings. The van der Waals surface area contributed by atoms with E-state index in [-0.39, 0.29) is 21.5 Å². The van der Waals surface area contributed by atoms with Crippen LogP contribution in [0, 0.1) is 0 Å². The number of benzene rings is 1. The number of carbonyl (C=O) groups excluding carboxylic acids is 1. The van der Waals surface area contributed by atoms with Gasteiger partial charge in [0.25, 0.3) is 0 Å². The summed E-state index contributed by atoms with van der Waals surface area (Å²) in [5.41, 5.74) is 5.53. The van der Waals surface area contributed by atoms with E-state index in [1.807, 2.05) is 0 Å². The molecule has 0 radical (unpaired) electrons. The lowest BCUT2D eigenvalue weighted by Crippen LogP contribution is -2.52. The minimum absolute atomic E-state index is 0.108. The Morgan fingerprint density at radius 2 is 1.90 bits per heavy atom. The average Bonchev–Trinajstić information content (AvgIpc) is 2.40. The van der Waals surface area contributed by atoms with Gasteiger partial charge in [-0.15, -0.1) is 0 Å². The van der Waals surface area contributed by atoms with Crippen LogP contribution in [0.4, 0.5) is 5.69 Å². The molecule has 7 heteroatoms. The summed E-state index contributed by atoms with van der Waals surface area (Å²) < 4.78 is 23.1. The SMILES string of the molecule is CS(=O)(=O)c1ccc(Cl)c(NC(=O)C2(N)CCCCC2)c1. The molecule has 0 aliphatic heterocycles. The van der Waals surface area contributed by atoms with E-state index in [0.29, 0.717) is 12.8 Å². The Bertz CT molecular complexity index is 652. The first-order chi connectivity index (χ1) is 9.72. The third kappa shape index (κ3) is 3.75. The number of nitrogens with two attached hydrogens (primary N) is 1. The molecular formula is C14H19ClN2O3S. The second-order valence-corrected chi connectivity index (χ2v) is 8.01. The standard InChI is InChI=1S/C14H19ClN2O3S/c1-21(19,20)10-5-6-11(15)12(9-10)17-13(18)14(16)7-3-2-4-8-14/h5-6,9H,2-4,7-8,16H2,1H3,(H,17,18). The Morgan fingerprint density at radius 3 is 2.48 bits per heavy atom. The minimum Gasteiger partial charge on any atom is -0.323 e. The van der Waals surface area contributed by atoms with Crippen molar-refractivity contribution in [3.63, 3.8) is 0 Å². The fraction of sp³-hybridized carbons (Fsp3) is 0.500. The molecule has 2 rings (SSSR count). The Morgan fingerprint density at radius 1 is 1.29 bits per heavy atom. The van der Waals surface area contributed by atoms with Crippen LogP contribution in [0.2, 0.25) is 5.02 Å². The number of rotatable bonds is 3. The van der Waals surface area contributed by atoms with Crippen molar-refractivity contribution < 1.29 is 13.2 Å². The van der Waals surface area contributed by atoms with Gasteiger partial charge in [-0.25, -0.2) is 8.42 Å². The number of anilines is 1. The molecule has 1 aliphatic rings. The molecule has 116 valence electrons. The largest absolute Gasteiger partial charge is 0.323 e. The van der Waals surface area contributed by atoms with E-state index in [2.05, 4.69) is 5.32 Å². The van der Waals surface area contributed by atoms with Crippen LogP contribution in [0.1, 0.15) is 32.1 Å². The molecule has 0 aromatic heterocycles. The maximum atomic E-state index is 12.4. The topological polar surface area (TPSA) is 89.3 Å². The normalized spacial score (nSPS) is 18.2. The highest BCUT2D eigenvalue weighted by molar-refractivity contribution is 7.90. The summed E-state index contributed by atoms with van der Waals surface area (Å²) in [7, 11) is -3.36. The van der Waals surface area contributed by atoms with Crippen molar-refractivity contribution in [1.82, 2.24) is 0 Å². The van der Waals surface area contributed by atoms with Gasteiger partial charge < -0.3 is 11.1 Å². The number of amides is 1. The average molecular weight is 331 g/mol. The Balaban J connectivity index is 2.24. The van der Waals surface area contributed by atoms with E-state index in [0.717, 1.165) is 25.5 Å². The lowest BCUT2D eigenvalue weighted by molar-refractivity contribution is -0.122. The van der Waals surface area contributed by atoms with Gasteiger partial charge in [0, 0.05) is 6.26 Å². The zero-order valence-corrected chi connectivity index (χ0v) is 13.4. The van der Waals surface area contributed by atoms with Gasteiger partial charge in [-0.1, -0.05) is 30.9 Å². The second kappa shape index (κ2) is 5.94. The van der Waals surface area contributed by atoms with Gasteiger partial charge in [0.05, 0.1) is 21.1 Å². The molecule has 5 nitrogen and oxygen atoms in total. The smallest absolute Gasteiger partial charge is 0.244 e. The minimum atomic E-state index is -3.36. The molecule has 0 bridgehead atoms. The van der Waals surface area contributed by atoms with Gasteiger partial charge >= 0.3 is 0 Å². The molecule has 0 spiro atoms. The molecule has 1 amide bonds. The molecule has 0 saturated heterocycles.